The van der Waals surface area contributed by atoms with Gasteiger partial charge in [-0.2, -0.15) is 0 Å². The van der Waals surface area contributed by atoms with Crippen molar-refractivity contribution in [2.24, 2.45) is 0 Å². The molecular weight excluding hydrogens is 280 g/mol. The summed E-state index contributed by atoms with van der Waals surface area (Å²) in [5.74, 6) is -0.532. The zero-order chi connectivity index (χ0) is 15.8. The zero-order valence-corrected chi connectivity index (χ0v) is 12.4. The van der Waals surface area contributed by atoms with Crippen molar-refractivity contribution in [2.45, 2.75) is 76.2 Å². The molecule has 1 fully saturated rings. The molecule has 0 aromatic carbocycles. The molecule has 5 atom stereocenters. The third-order valence-corrected chi connectivity index (χ3v) is 3.58. The molecule has 124 valence electrons. The summed E-state index contributed by atoms with van der Waals surface area (Å²) in [6.07, 6.45) is -1.82. The van der Waals surface area contributed by atoms with Crippen LogP contribution in [0.5, 0.6) is 0 Å². The van der Waals surface area contributed by atoms with Gasteiger partial charge in [0, 0.05) is 6.42 Å². The first kappa shape index (κ1) is 18.3. The topological polar surface area (TPSA) is 116 Å². The number of ether oxygens (including phenoxy) is 2. The van der Waals surface area contributed by atoms with Crippen LogP contribution in [-0.4, -0.2) is 63.7 Å². The zero-order valence-electron chi connectivity index (χ0n) is 12.4. The quantitative estimate of drug-likeness (QED) is 0.359. The number of hydrogen-bond acceptors (Lipinski definition) is 7. The van der Waals surface area contributed by atoms with E-state index in [1.165, 1.54) is 0 Å². The first-order valence-corrected chi connectivity index (χ1v) is 7.51. The van der Waals surface area contributed by atoms with Gasteiger partial charge in [-0.1, -0.05) is 32.6 Å². The normalized spacial score (nSPS) is 32.9. The summed E-state index contributed by atoms with van der Waals surface area (Å²) in [6.45, 7) is 1.56. The summed E-state index contributed by atoms with van der Waals surface area (Å²) >= 11 is 0. The lowest BCUT2D eigenvalue weighted by atomic mass is 9.99. The monoisotopic (exact) mass is 306 g/mol. The Kier molecular flexibility index (Phi) is 8.13. The molecule has 0 bridgehead atoms. The van der Waals surface area contributed by atoms with Crippen LogP contribution in [-0.2, 0) is 14.3 Å². The first-order chi connectivity index (χ1) is 10.0. The van der Waals surface area contributed by atoms with Gasteiger partial charge < -0.3 is 29.9 Å². The van der Waals surface area contributed by atoms with Gasteiger partial charge in [0.05, 0.1) is 6.61 Å². The van der Waals surface area contributed by atoms with Crippen LogP contribution in [0.2, 0.25) is 0 Å². The van der Waals surface area contributed by atoms with Gasteiger partial charge in [-0.05, 0) is 6.42 Å². The van der Waals surface area contributed by atoms with Gasteiger partial charge >= 0.3 is 5.97 Å². The van der Waals surface area contributed by atoms with Crippen molar-refractivity contribution in [3.8, 4) is 0 Å². The van der Waals surface area contributed by atoms with Crippen LogP contribution in [0.3, 0.4) is 0 Å². The van der Waals surface area contributed by atoms with E-state index in [0.29, 0.717) is 6.42 Å². The average Bonchev–Trinajstić information content (AvgIpc) is 2.47. The Balaban J connectivity index is 2.36. The van der Waals surface area contributed by atoms with E-state index in [0.717, 1.165) is 25.7 Å². The maximum absolute atomic E-state index is 11.7. The van der Waals surface area contributed by atoms with E-state index >= 15 is 0 Å². The number of carbonyl (C=O) groups excluding carboxylic acids is 1. The minimum atomic E-state index is -1.54. The molecule has 4 N–H and O–H groups in total. The van der Waals surface area contributed by atoms with Crippen LogP contribution in [0.1, 0.15) is 45.4 Å². The molecule has 0 radical (unpaired) electrons. The fraction of sp³-hybridized carbons (Fsp3) is 0.929. The van der Waals surface area contributed by atoms with Gasteiger partial charge in [0.15, 0.2) is 0 Å². The lowest BCUT2D eigenvalue weighted by molar-refractivity contribution is -0.292. The van der Waals surface area contributed by atoms with Gasteiger partial charge in [0.25, 0.3) is 0 Å². The molecule has 0 unspecified atom stereocenters. The molecule has 1 heterocycles. The minimum Gasteiger partial charge on any atom is -0.433 e. The van der Waals surface area contributed by atoms with Crippen molar-refractivity contribution in [2.75, 3.05) is 6.61 Å². The highest BCUT2D eigenvalue weighted by Gasteiger charge is 2.45. The number of hydrogen-bond donors (Lipinski definition) is 4. The summed E-state index contributed by atoms with van der Waals surface area (Å²) in [5.41, 5.74) is 0. The predicted molar refractivity (Wildman–Crippen MR) is 73.2 cm³/mol. The number of esters is 1. The van der Waals surface area contributed by atoms with E-state index in [-0.39, 0.29) is 6.42 Å². The number of aliphatic hydroxyl groups is 4. The Labute approximate surface area is 124 Å². The Morgan fingerprint density at radius 2 is 1.71 bits per heavy atom. The second-order valence-electron chi connectivity index (χ2n) is 5.35. The SMILES string of the molecule is CCCCCCCC(=O)O[C@H]1O[C@H](CO)[C@@H](O)[C@H](O)[C@H]1O. The molecule has 0 aliphatic carbocycles. The summed E-state index contributed by atoms with van der Waals surface area (Å²) in [6, 6.07) is 0. The van der Waals surface area contributed by atoms with Crippen LogP contribution in [0, 0.1) is 0 Å². The molecule has 7 nitrogen and oxygen atoms in total. The van der Waals surface area contributed by atoms with E-state index in [1.807, 2.05) is 0 Å². The summed E-state index contributed by atoms with van der Waals surface area (Å²) in [7, 11) is 0. The van der Waals surface area contributed by atoms with Crippen LogP contribution in [0.25, 0.3) is 0 Å². The van der Waals surface area contributed by atoms with Crippen molar-refractivity contribution in [3.05, 3.63) is 0 Å². The Morgan fingerprint density at radius 3 is 2.33 bits per heavy atom. The number of rotatable bonds is 8. The lowest BCUT2D eigenvalue weighted by Gasteiger charge is -2.39. The Hall–Kier alpha value is -0.730. The van der Waals surface area contributed by atoms with Crippen molar-refractivity contribution < 1.29 is 34.7 Å². The van der Waals surface area contributed by atoms with E-state index < -0.39 is 43.3 Å². The van der Waals surface area contributed by atoms with Crippen molar-refractivity contribution >= 4 is 5.97 Å². The third kappa shape index (κ3) is 5.52. The first-order valence-electron chi connectivity index (χ1n) is 7.51. The highest BCUT2D eigenvalue weighted by molar-refractivity contribution is 5.69. The number of aliphatic hydroxyl groups excluding tert-OH is 4. The fourth-order valence-corrected chi connectivity index (χ4v) is 2.23. The van der Waals surface area contributed by atoms with Gasteiger partial charge in [0.2, 0.25) is 6.29 Å². The maximum atomic E-state index is 11.7. The highest BCUT2D eigenvalue weighted by atomic mass is 16.7. The molecule has 0 aromatic rings. The van der Waals surface area contributed by atoms with Crippen molar-refractivity contribution in [3.63, 3.8) is 0 Å². The van der Waals surface area contributed by atoms with Gasteiger partial charge in [-0.3, -0.25) is 4.79 Å². The second kappa shape index (κ2) is 9.32. The molecule has 0 spiro atoms. The predicted octanol–water partition coefficient (Wildman–Crippen LogP) is -0.310. The van der Waals surface area contributed by atoms with Crippen LogP contribution in [0.4, 0.5) is 0 Å². The van der Waals surface area contributed by atoms with Gasteiger partial charge in [-0.15, -0.1) is 0 Å². The van der Waals surface area contributed by atoms with E-state index in [9.17, 15) is 20.1 Å². The van der Waals surface area contributed by atoms with Crippen molar-refractivity contribution in [1.82, 2.24) is 0 Å². The van der Waals surface area contributed by atoms with Crippen LogP contribution < -0.4 is 0 Å². The molecular formula is C14H26O7. The highest BCUT2D eigenvalue weighted by Crippen LogP contribution is 2.22. The smallest absolute Gasteiger partial charge is 0.308 e. The fourth-order valence-electron chi connectivity index (χ4n) is 2.23. The standard InChI is InChI=1S/C14H26O7/c1-2-3-4-5-6-7-10(16)21-14-13(19)12(18)11(17)9(8-15)20-14/h9,11-15,17-19H,2-8H2,1H3/t9-,11-,12+,13-,14-/m1/s1. The Bertz CT molecular complexity index is 308. The molecule has 1 rings (SSSR count). The molecule has 0 aromatic heterocycles. The number of carbonyl (C=O) groups is 1. The second-order valence-corrected chi connectivity index (χ2v) is 5.35. The Morgan fingerprint density at radius 1 is 1.05 bits per heavy atom. The summed E-state index contributed by atoms with van der Waals surface area (Å²) in [5, 5.41) is 37.9. The van der Waals surface area contributed by atoms with Crippen molar-refractivity contribution in [1.29, 1.82) is 0 Å². The summed E-state index contributed by atoms with van der Waals surface area (Å²) in [4.78, 5) is 11.7. The number of unbranched alkanes of at least 4 members (excludes halogenated alkanes) is 4. The molecule has 1 aliphatic heterocycles. The molecule has 1 saturated heterocycles. The largest absolute Gasteiger partial charge is 0.433 e. The van der Waals surface area contributed by atoms with Crippen LogP contribution >= 0.6 is 0 Å². The molecule has 0 amide bonds. The molecule has 7 heteroatoms. The molecule has 21 heavy (non-hydrogen) atoms. The minimum absolute atomic E-state index is 0.207. The third-order valence-electron chi connectivity index (χ3n) is 3.58. The molecule has 0 saturated carbocycles. The van der Waals surface area contributed by atoms with E-state index in [1.54, 1.807) is 0 Å². The maximum Gasteiger partial charge on any atom is 0.308 e. The van der Waals surface area contributed by atoms with Gasteiger partial charge in [-0.25, -0.2) is 0 Å². The van der Waals surface area contributed by atoms with E-state index in [2.05, 4.69) is 6.92 Å². The van der Waals surface area contributed by atoms with E-state index in [4.69, 9.17) is 14.6 Å². The average molecular weight is 306 g/mol. The van der Waals surface area contributed by atoms with Gasteiger partial charge in [0.1, 0.15) is 24.4 Å². The molecule has 1 aliphatic rings. The summed E-state index contributed by atoms with van der Waals surface area (Å²) < 4.78 is 10.1. The lowest BCUT2D eigenvalue weighted by Crippen LogP contribution is -2.59. The van der Waals surface area contributed by atoms with Crippen LogP contribution in [0.15, 0.2) is 0 Å².